The molecule has 80 valence electrons. The van der Waals surface area contributed by atoms with Crippen molar-refractivity contribution in [1.82, 2.24) is 4.98 Å². The fourth-order valence-electron chi connectivity index (χ4n) is 1.81. The minimum Gasteiger partial charge on any atom is -0.375 e. The number of hydrogen-bond donors (Lipinski definition) is 1. The lowest BCUT2D eigenvalue weighted by Gasteiger charge is -1.93. The molecule has 3 rings (SSSR count). The molecule has 0 radical (unpaired) electrons. The highest BCUT2D eigenvalue weighted by atomic mass is 32.1. The first kappa shape index (κ1) is 9.81. The second-order valence-corrected chi connectivity index (χ2v) is 5.57. The Bertz CT molecular complexity index is 652. The maximum atomic E-state index is 5.67. The Hall–Kier alpha value is -1.39. The van der Waals surface area contributed by atoms with Crippen molar-refractivity contribution in [3.8, 4) is 10.6 Å². The van der Waals surface area contributed by atoms with Crippen molar-refractivity contribution in [2.24, 2.45) is 0 Å². The Kier molecular flexibility index (Phi) is 2.19. The summed E-state index contributed by atoms with van der Waals surface area (Å²) >= 11 is 3.27. The highest BCUT2D eigenvalue weighted by Gasteiger charge is 2.11. The van der Waals surface area contributed by atoms with E-state index in [0.29, 0.717) is 5.13 Å². The second kappa shape index (κ2) is 3.57. The van der Waals surface area contributed by atoms with Gasteiger partial charge >= 0.3 is 0 Å². The van der Waals surface area contributed by atoms with Gasteiger partial charge in [-0.15, -0.1) is 22.7 Å². The summed E-state index contributed by atoms with van der Waals surface area (Å²) in [5.41, 5.74) is 7.97. The molecule has 0 atom stereocenters. The van der Waals surface area contributed by atoms with Crippen LogP contribution in [0.3, 0.4) is 0 Å². The van der Waals surface area contributed by atoms with Gasteiger partial charge in [-0.1, -0.05) is 18.2 Å². The third-order valence-electron chi connectivity index (χ3n) is 2.60. The third-order valence-corrected chi connectivity index (χ3v) is 4.57. The summed E-state index contributed by atoms with van der Waals surface area (Å²) in [6, 6.07) is 8.44. The zero-order chi connectivity index (χ0) is 11.1. The first-order chi connectivity index (χ1) is 7.75. The molecule has 0 saturated heterocycles. The Morgan fingerprint density at radius 3 is 2.75 bits per heavy atom. The minimum absolute atomic E-state index is 0.631. The number of aromatic nitrogens is 1. The van der Waals surface area contributed by atoms with Gasteiger partial charge in [0.05, 0.1) is 10.6 Å². The highest BCUT2D eigenvalue weighted by Crippen LogP contribution is 2.38. The lowest BCUT2D eigenvalue weighted by atomic mass is 10.1. The van der Waals surface area contributed by atoms with Crippen LogP contribution in [-0.4, -0.2) is 4.98 Å². The fourth-order valence-corrected chi connectivity index (χ4v) is 3.61. The topological polar surface area (TPSA) is 38.9 Å². The van der Waals surface area contributed by atoms with E-state index in [9.17, 15) is 0 Å². The third kappa shape index (κ3) is 1.42. The summed E-state index contributed by atoms with van der Waals surface area (Å²) in [4.78, 5) is 5.57. The van der Waals surface area contributed by atoms with Crippen molar-refractivity contribution in [3.63, 3.8) is 0 Å². The van der Waals surface area contributed by atoms with Crippen LogP contribution in [0.15, 0.2) is 29.6 Å². The fraction of sp³-hybridized carbons (Fsp3) is 0.0833. The van der Waals surface area contributed by atoms with Crippen LogP contribution < -0.4 is 5.73 Å². The molecule has 3 aromatic rings. The van der Waals surface area contributed by atoms with E-state index in [2.05, 4.69) is 36.2 Å². The molecule has 1 aromatic carbocycles. The number of thiazole rings is 1. The Morgan fingerprint density at radius 2 is 2.06 bits per heavy atom. The van der Waals surface area contributed by atoms with E-state index in [1.165, 1.54) is 31.9 Å². The normalized spacial score (nSPS) is 11.1. The highest BCUT2D eigenvalue weighted by molar-refractivity contribution is 7.22. The smallest absolute Gasteiger partial charge is 0.180 e. The number of nitrogens with two attached hydrogens (primary N) is 1. The Morgan fingerprint density at radius 1 is 1.25 bits per heavy atom. The van der Waals surface area contributed by atoms with Gasteiger partial charge in [-0.2, -0.15) is 0 Å². The van der Waals surface area contributed by atoms with Crippen molar-refractivity contribution in [2.45, 2.75) is 6.92 Å². The monoisotopic (exact) mass is 246 g/mol. The molecule has 2 nitrogen and oxygen atoms in total. The summed E-state index contributed by atoms with van der Waals surface area (Å²) in [5.74, 6) is 0. The van der Waals surface area contributed by atoms with Crippen LogP contribution in [-0.2, 0) is 0 Å². The zero-order valence-corrected chi connectivity index (χ0v) is 10.4. The van der Waals surface area contributed by atoms with Crippen molar-refractivity contribution in [2.75, 3.05) is 5.73 Å². The van der Waals surface area contributed by atoms with Gasteiger partial charge in [0.25, 0.3) is 0 Å². The van der Waals surface area contributed by atoms with Crippen LogP contribution >= 0.6 is 22.7 Å². The molecular weight excluding hydrogens is 236 g/mol. The molecule has 0 spiro atoms. The molecule has 2 N–H and O–H groups in total. The number of fused-ring (bicyclic) bond motifs is 1. The first-order valence-corrected chi connectivity index (χ1v) is 6.65. The van der Waals surface area contributed by atoms with E-state index in [0.717, 1.165) is 5.69 Å². The summed E-state index contributed by atoms with van der Waals surface area (Å²) in [6.07, 6.45) is 0. The maximum absolute atomic E-state index is 5.67. The summed E-state index contributed by atoms with van der Waals surface area (Å²) in [6.45, 7) is 2.14. The van der Waals surface area contributed by atoms with E-state index < -0.39 is 0 Å². The number of hydrogen-bond acceptors (Lipinski definition) is 4. The molecule has 0 aliphatic carbocycles. The number of nitrogens with zero attached hydrogens (tertiary/aromatic N) is 1. The van der Waals surface area contributed by atoms with Gasteiger partial charge in [0.1, 0.15) is 0 Å². The summed E-state index contributed by atoms with van der Waals surface area (Å²) < 4.78 is 1.31. The van der Waals surface area contributed by atoms with Gasteiger partial charge in [-0.3, -0.25) is 0 Å². The van der Waals surface area contributed by atoms with Crippen LogP contribution in [0.2, 0.25) is 0 Å². The molecule has 4 heteroatoms. The predicted molar refractivity (Wildman–Crippen MR) is 72.1 cm³/mol. The van der Waals surface area contributed by atoms with Gasteiger partial charge in [0.2, 0.25) is 0 Å². The van der Waals surface area contributed by atoms with E-state index in [-0.39, 0.29) is 0 Å². The molecule has 0 aliphatic rings. The van der Waals surface area contributed by atoms with Crippen LogP contribution in [0.4, 0.5) is 5.13 Å². The van der Waals surface area contributed by atoms with E-state index in [1.54, 1.807) is 11.3 Å². The minimum atomic E-state index is 0.631. The molecular formula is C12H10N2S2. The van der Waals surface area contributed by atoms with E-state index >= 15 is 0 Å². The Labute approximate surface area is 101 Å². The molecule has 0 aliphatic heterocycles. The molecule has 0 amide bonds. The standard InChI is InChI=1S/C12H10N2S2/c1-7-8-4-2-3-5-10(8)16-11(7)9-6-15-12(13)14-9/h2-6H,1H3,(H2,13,14). The largest absolute Gasteiger partial charge is 0.375 e. The van der Waals surface area contributed by atoms with E-state index in [1.807, 2.05) is 5.38 Å². The lowest BCUT2D eigenvalue weighted by molar-refractivity contribution is 1.42. The van der Waals surface area contributed by atoms with Crippen molar-refractivity contribution < 1.29 is 0 Å². The van der Waals surface area contributed by atoms with Crippen molar-refractivity contribution in [1.29, 1.82) is 0 Å². The molecule has 0 fully saturated rings. The number of thiophene rings is 1. The number of rotatable bonds is 1. The second-order valence-electron chi connectivity index (χ2n) is 3.62. The quantitative estimate of drug-likeness (QED) is 0.707. The van der Waals surface area contributed by atoms with Crippen molar-refractivity contribution in [3.05, 3.63) is 35.2 Å². The van der Waals surface area contributed by atoms with Crippen LogP contribution in [0.25, 0.3) is 20.7 Å². The van der Waals surface area contributed by atoms with Gasteiger partial charge < -0.3 is 5.73 Å². The number of aryl methyl sites for hydroxylation is 1. The maximum Gasteiger partial charge on any atom is 0.180 e. The van der Waals surface area contributed by atoms with Crippen LogP contribution in [0.5, 0.6) is 0 Å². The average molecular weight is 246 g/mol. The molecule has 2 aromatic heterocycles. The lowest BCUT2D eigenvalue weighted by Crippen LogP contribution is -1.82. The number of nitrogen functional groups attached to an aromatic ring is 1. The molecule has 0 bridgehead atoms. The number of anilines is 1. The predicted octanol–water partition coefficient (Wildman–Crippen LogP) is 3.92. The van der Waals surface area contributed by atoms with Gasteiger partial charge in [0, 0.05) is 10.1 Å². The van der Waals surface area contributed by atoms with Gasteiger partial charge in [-0.05, 0) is 23.9 Å². The van der Waals surface area contributed by atoms with Gasteiger partial charge in [0.15, 0.2) is 5.13 Å². The average Bonchev–Trinajstić information content (AvgIpc) is 2.84. The van der Waals surface area contributed by atoms with Crippen LogP contribution in [0, 0.1) is 6.92 Å². The molecule has 0 saturated carbocycles. The SMILES string of the molecule is Cc1c(-c2csc(N)n2)sc2ccccc12. The zero-order valence-electron chi connectivity index (χ0n) is 8.73. The first-order valence-electron chi connectivity index (χ1n) is 4.95. The van der Waals surface area contributed by atoms with Crippen molar-refractivity contribution >= 4 is 37.9 Å². The summed E-state index contributed by atoms with van der Waals surface area (Å²) in [7, 11) is 0. The number of benzene rings is 1. The molecule has 16 heavy (non-hydrogen) atoms. The molecule has 0 unspecified atom stereocenters. The van der Waals surface area contributed by atoms with E-state index in [4.69, 9.17) is 5.73 Å². The van der Waals surface area contributed by atoms with Crippen LogP contribution in [0.1, 0.15) is 5.56 Å². The Balaban J connectivity index is 2.28. The molecule has 2 heterocycles. The summed E-state index contributed by atoms with van der Waals surface area (Å²) in [5, 5.41) is 3.97. The van der Waals surface area contributed by atoms with Gasteiger partial charge in [-0.25, -0.2) is 4.98 Å².